The first-order valence-electron chi connectivity index (χ1n) is 12.8. The summed E-state index contributed by atoms with van der Waals surface area (Å²) < 4.78 is 11.4. The maximum Gasteiger partial charge on any atom is 0.227 e. The highest BCUT2D eigenvalue weighted by molar-refractivity contribution is 5.49. The van der Waals surface area contributed by atoms with Crippen molar-refractivity contribution >= 4 is 11.6 Å². The Morgan fingerprint density at radius 3 is 1.38 bits per heavy atom. The Morgan fingerprint density at radius 2 is 1.05 bits per heavy atom. The molecule has 4 aromatic heterocycles. The van der Waals surface area contributed by atoms with Crippen molar-refractivity contribution < 1.29 is 29.3 Å². The molecule has 0 radical (unpaired) electrons. The molecule has 0 bridgehead atoms. The van der Waals surface area contributed by atoms with Gasteiger partial charge in [0, 0.05) is 24.5 Å². The van der Waals surface area contributed by atoms with Crippen LogP contribution in [0, 0.1) is 0 Å². The number of hydrogen-bond acceptors (Lipinski definition) is 12. The van der Waals surface area contributed by atoms with E-state index in [4.69, 9.17) is 8.83 Å². The van der Waals surface area contributed by atoms with Gasteiger partial charge in [0.05, 0.1) is 0 Å². The van der Waals surface area contributed by atoms with Crippen LogP contribution in [0.1, 0.15) is 46.3 Å². The van der Waals surface area contributed by atoms with E-state index < -0.39 is 47.7 Å². The normalized spacial score (nSPS) is 12.4. The number of rotatable bonds is 10. The molecule has 0 spiro atoms. The van der Waals surface area contributed by atoms with Crippen LogP contribution in [-0.4, -0.2) is 30.4 Å². The fraction of sp³-hybridized carbons (Fsp3) is 0.133. The van der Waals surface area contributed by atoms with E-state index in [1.165, 1.54) is 0 Å². The monoisotopic (exact) mass is 570 g/mol. The number of aromatic hydroxyl groups is 2. The molecule has 2 atom stereocenters. The van der Waals surface area contributed by atoms with Gasteiger partial charge in [0.2, 0.25) is 22.4 Å². The zero-order chi connectivity index (χ0) is 29.6. The van der Waals surface area contributed by atoms with Gasteiger partial charge in [-0.25, -0.2) is 9.97 Å². The van der Waals surface area contributed by atoms with Gasteiger partial charge in [0.25, 0.3) is 0 Å². The van der Waals surface area contributed by atoms with Crippen molar-refractivity contribution in [1.82, 2.24) is 9.97 Å². The number of aliphatic hydroxyl groups is 2. The Labute approximate surface area is 238 Å². The quantitative estimate of drug-likeness (QED) is 0.144. The van der Waals surface area contributed by atoms with Crippen molar-refractivity contribution in [2.75, 3.05) is 10.6 Å². The summed E-state index contributed by atoms with van der Waals surface area (Å²) in [5.74, 6) is -0.758. The molecule has 0 aliphatic heterocycles. The minimum Gasteiger partial charge on any atom is -0.502 e. The summed E-state index contributed by atoms with van der Waals surface area (Å²) in [5.41, 5.74) is -0.383. The van der Waals surface area contributed by atoms with E-state index in [0.717, 1.165) is 12.1 Å². The number of anilines is 2. The van der Waals surface area contributed by atoms with Gasteiger partial charge in [-0.2, -0.15) is 0 Å². The molecule has 0 fully saturated rings. The van der Waals surface area contributed by atoms with Crippen molar-refractivity contribution in [3.63, 3.8) is 0 Å². The number of pyridine rings is 2. The first-order valence-corrected chi connectivity index (χ1v) is 12.8. The standard InChI is InChI=1S/C30H26N4O8/c35-15-19-13-21(37)27(39)29(41-19)25(33-23-5-1-3-11-31-23)17-7-9-18(10-8-17)26(34-24-6-2-4-12-32-24)30-28(40)22(38)14-20(16-36)42-30/h1-14,25-26,35-36,39-40H,15-16H2,(H,31,33)(H,32,34). The average Bonchev–Trinajstić information content (AvgIpc) is 3.02. The summed E-state index contributed by atoms with van der Waals surface area (Å²) in [6.07, 6.45) is 3.13. The first-order chi connectivity index (χ1) is 20.4. The van der Waals surface area contributed by atoms with Crippen LogP contribution in [-0.2, 0) is 13.2 Å². The summed E-state index contributed by atoms with van der Waals surface area (Å²) in [5, 5.41) is 46.8. The molecule has 4 heterocycles. The van der Waals surface area contributed by atoms with Gasteiger partial charge in [-0.05, 0) is 35.4 Å². The predicted molar refractivity (Wildman–Crippen MR) is 151 cm³/mol. The lowest BCUT2D eigenvalue weighted by atomic mass is 9.97. The Morgan fingerprint density at radius 1 is 0.643 bits per heavy atom. The fourth-order valence-electron chi connectivity index (χ4n) is 4.33. The fourth-order valence-corrected chi connectivity index (χ4v) is 4.33. The molecule has 0 saturated carbocycles. The minimum absolute atomic E-state index is 0.0360. The SMILES string of the molecule is O=c1cc(CO)oc(C(Nc2ccccn2)c2ccc(C(Nc3ccccn3)c3oc(CO)cc(=O)c3O)cc2)c1O. The minimum atomic E-state index is -0.917. The number of benzene rings is 1. The number of aromatic nitrogens is 2. The van der Waals surface area contributed by atoms with Crippen LogP contribution in [0.4, 0.5) is 11.6 Å². The highest BCUT2D eigenvalue weighted by Gasteiger charge is 2.27. The lowest BCUT2D eigenvalue weighted by molar-refractivity contribution is 0.234. The highest BCUT2D eigenvalue weighted by atomic mass is 16.4. The Hall–Kier alpha value is -5.46. The summed E-state index contributed by atoms with van der Waals surface area (Å²) in [6.45, 7) is -1.11. The summed E-state index contributed by atoms with van der Waals surface area (Å²) in [6, 6.07) is 17.3. The van der Waals surface area contributed by atoms with E-state index in [2.05, 4.69) is 20.6 Å². The molecule has 12 heteroatoms. The molecule has 0 amide bonds. The number of nitrogens with one attached hydrogen (secondary N) is 2. The summed E-state index contributed by atoms with van der Waals surface area (Å²) in [4.78, 5) is 33.4. The van der Waals surface area contributed by atoms with E-state index in [0.29, 0.717) is 22.8 Å². The van der Waals surface area contributed by atoms with Gasteiger partial charge in [-0.3, -0.25) is 9.59 Å². The zero-order valence-corrected chi connectivity index (χ0v) is 22.0. The third kappa shape index (κ3) is 5.99. The zero-order valence-electron chi connectivity index (χ0n) is 22.0. The van der Waals surface area contributed by atoms with Gasteiger partial charge in [0.1, 0.15) is 48.5 Å². The molecule has 1 aromatic carbocycles. The van der Waals surface area contributed by atoms with Crippen LogP contribution in [0.15, 0.2) is 104 Å². The number of aliphatic hydroxyl groups excluding tert-OH is 2. The van der Waals surface area contributed by atoms with E-state index in [1.54, 1.807) is 73.1 Å². The van der Waals surface area contributed by atoms with Crippen molar-refractivity contribution in [1.29, 1.82) is 0 Å². The van der Waals surface area contributed by atoms with Gasteiger partial charge >= 0.3 is 0 Å². The van der Waals surface area contributed by atoms with E-state index in [-0.39, 0.29) is 23.0 Å². The maximum atomic E-state index is 12.4. The van der Waals surface area contributed by atoms with Gasteiger partial charge in [0.15, 0.2) is 11.5 Å². The molecule has 0 aliphatic rings. The molecular weight excluding hydrogens is 544 g/mol. The molecule has 0 aliphatic carbocycles. The largest absolute Gasteiger partial charge is 0.502 e. The number of nitrogens with zero attached hydrogens (tertiary/aromatic N) is 2. The smallest absolute Gasteiger partial charge is 0.227 e. The molecule has 5 rings (SSSR count). The summed E-state index contributed by atoms with van der Waals surface area (Å²) in [7, 11) is 0. The summed E-state index contributed by atoms with van der Waals surface area (Å²) >= 11 is 0. The maximum absolute atomic E-state index is 12.4. The van der Waals surface area contributed by atoms with Gasteiger partial charge in [-0.1, -0.05) is 36.4 Å². The van der Waals surface area contributed by atoms with Crippen LogP contribution in [0.25, 0.3) is 0 Å². The van der Waals surface area contributed by atoms with Crippen LogP contribution in [0.3, 0.4) is 0 Å². The van der Waals surface area contributed by atoms with E-state index >= 15 is 0 Å². The van der Waals surface area contributed by atoms with Crippen molar-refractivity contribution in [2.45, 2.75) is 25.3 Å². The molecule has 0 saturated heterocycles. The molecule has 42 heavy (non-hydrogen) atoms. The van der Waals surface area contributed by atoms with Gasteiger partial charge in [-0.15, -0.1) is 0 Å². The van der Waals surface area contributed by atoms with Gasteiger partial charge < -0.3 is 39.9 Å². The first kappa shape index (κ1) is 28.1. The third-order valence-electron chi connectivity index (χ3n) is 6.35. The molecule has 2 unspecified atom stereocenters. The highest BCUT2D eigenvalue weighted by Crippen LogP contribution is 2.35. The molecule has 214 valence electrons. The molecule has 12 nitrogen and oxygen atoms in total. The second-order valence-electron chi connectivity index (χ2n) is 9.15. The Balaban J connectivity index is 1.60. The van der Waals surface area contributed by atoms with Crippen LogP contribution >= 0.6 is 0 Å². The number of hydrogen-bond donors (Lipinski definition) is 6. The molecule has 5 aromatic rings. The second-order valence-corrected chi connectivity index (χ2v) is 9.15. The van der Waals surface area contributed by atoms with E-state index in [1.807, 2.05) is 0 Å². The lowest BCUT2D eigenvalue weighted by Gasteiger charge is -2.23. The third-order valence-corrected chi connectivity index (χ3v) is 6.35. The van der Waals surface area contributed by atoms with Crippen molar-refractivity contribution in [2.24, 2.45) is 0 Å². The van der Waals surface area contributed by atoms with Crippen molar-refractivity contribution in [3.8, 4) is 11.5 Å². The van der Waals surface area contributed by atoms with Crippen LogP contribution < -0.4 is 21.5 Å². The van der Waals surface area contributed by atoms with E-state index in [9.17, 15) is 30.0 Å². The van der Waals surface area contributed by atoms with Crippen LogP contribution in [0.2, 0.25) is 0 Å². The second kappa shape index (κ2) is 12.4. The van der Waals surface area contributed by atoms with Crippen molar-refractivity contribution in [3.05, 3.63) is 140 Å². The lowest BCUT2D eigenvalue weighted by Crippen LogP contribution is -2.18. The van der Waals surface area contributed by atoms with Crippen LogP contribution in [0.5, 0.6) is 11.5 Å². The molecule has 6 N–H and O–H groups in total. The topological polar surface area (TPSA) is 191 Å². The Kier molecular flexibility index (Phi) is 8.27. The molecular formula is C30H26N4O8. The average molecular weight is 571 g/mol. The predicted octanol–water partition coefficient (Wildman–Crippen LogP) is 3.18. The Bertz CT molecular complexity index is 1640.